The molecule has 0 rings (SSSR count). The van der Waals surface area contributed by atoms with E-state index in [9.17, 15) is 29.7 Å². The molecule has 15 heavy (non-hydrogen) atoms. The van der Waals surface area contributed by atoms with Gasteiger partial charge in [-0.3, -0.25) is 0 Å². The molecule has 0 aromatic carbocycles. The van der Waals surface area contributed by atoms with Crippen molar-refractivity contribution in [2.24, 2.45) is 0 Å². The van der Waals surface area contributed by atoms with Crippen LogP contribution in [0.4, 0.5) is 0 Å². The summed E-state index contributed by atoms with van der Waals surface area (Å²) in [7, 11) is 0. The van der Waals surface area contributed by atoms with Crippen LogP contribution in [0.3, 0.4) is 0 Å². The van der Waals surface area contributed by atoms with Gasteiger partial charge in [0.15, 0.2) is 0 Å². The first-order valence-electron chi connectivity index (χ1n) is 3.11. The molecule has 0 unspecified atom stereocenters. The molecule has 0 amide bonds. The van der Waals surface area contributed by atoms with Gasteiger partial charge in [0.25, 0.3) is 0 Å². The minimum Gasteiger partial charge on any atom is -0.550 e. The van der Waals surface area contributed by atoms with E-state index in [4.69, 9.17) is 5.11 Å². The summed E-state index contributed by atoms with van der Waals surface area (Å²) in [6, 6.07) is 0. The molecule has 0 spiro atoms. The van der Waals surface area contributed by atoms with Crippen molar-refractivity contribution in [1.29, 1.82) is 0 Å². The molecule has 7 nitrogen and oxygen atoms in total. The Kier molecular flexibility index (Phi) is 10.1. The number of carboxylic acid groups (broad SMARTS) is 3. The van der Waals surface area contributed by atoms with E-state index in [1.807, 2.05) is 0 Å². The van der Waals surface area contributed by atoms with Gasteiger partial charge in [0, 0.05) is 24.8 Å². The molecule has 0 saturated carbocycles. The van der Waals surface area contributed by atoms with Crippen LogP contribution in [0.1, 0.15) is 12.8 Å². The van der Waals surface area contributed by atoms with Crippen LogP contribution in [-0.4, -0.2) is 28.6 Å². The van der Waals surface area contributed by atoms with E-state index in [1.165, 1.54) is 0 Å². The normalized spacial score (nSPS) is 9.40. The zero-order chi connectivity index (χ0) is 10.6. The topological polar surface area (TPSA) is 141 Å². The first-order chi connectivity index (χ1) is 5.78. The van der Waals surface area contributed by atoms with E-state index in [0.29, 0.717) is 0 Å². The summed E-state index contributed by atoms with van der Waals surface area (Å²) in [4.78, 5) is 30.0. The fraction of sp³-hybridized carbons (Fsp3) is 0.500. The molecule has 0 aliphatic heterocycles. The summed E-state index contributed by atoms with van der Waals surface area (Å²) in [5, 5.41) is 38.9. The summed E-state index contributed by atoms with van der Waals surface area (Å²) in [5.74, 6) is -5.98. The van der Waals surface area contributed by atoms with Crippen LogP contribution in [0.5, 0.6) is 0 Å². The van der Waals surface area contributed by atoms with Crippen molar-refractivity contribution >= 4 is 17.9 Å². The molecule has 0 aromatic heterocycles. The van der Waals surface area contributed by atoms with Gasteiger partial charge in [-0.25, -0.2) is 0 Å². The maximum Gasteiger partial charge on any atom is 2.00 e. The molecular formula is C6H5FeNiO7+. The molecular weight excluding hydrogens is 299 g/mol. The van der Waals surface area contributed by atoms with Crippen molar-refractivity contribution in [3.63, 3.8) is 0 Å². The minimum atomic E-state index is -2.97. The van der Waals surface area contributed by atoms with Crippen LogP contribution < -0.4 is 15.3 Å². The van der Waals surface area contributed by atoms with Crippen molar-refractivity contribution in [2.45, 2.75) is 18.4 Å². The van der Waals surface area contributed by atoms with E-state index < -0.39 is 36.4 Å². The Bertz CT molecular complexity index is 238. The zero-order valence-corrected chi connectivity index (χ0v) is 9.07. The van der Waals surface area contributed by atoms with Gasteiger partial charge in [-0.05, 0) is 0 Å². The number of hydrogen-bond acceptors (Lipinski definition) is 7. The second kappa shape index (κ2) is 7.65. The van der Waals surface area contributed by atoms with Crippen LogP contribution in [-0.2, 0) is 47.9 Å². The second-order valence-electron chi connectivity index (χ2n) is 2.42. The van der Waals surface area contributed by atoms with E-state index in [2.05, 4.69) is 0 Å². The molecule has 0 aliphatic rings. The Morgan fingerprint density at radius 3 is 1.40 bits per heavy atom. The number of hydrogen-bond donors (Lipinski definition) is 1. The minimum absolute atomic E-state index is 0. The van der Waals surface area contributed by atoms with E-state index in [-0.39, 0.29) is 33.6 Å². The summed E-state index contributed by atoms with van der Waals surface area (Å²) in [6.45, 7) is 0. The van der Waals surface area contributed by atoms with Crippen LogP contribution >= 0.6 is 0 Å². The number of rotatable bonds is 5. The van der Waals surface area contributed by atoms with E-state index in [1.54, 1.807) is 0 Å². The molecule has 0 fully saturated rings. The van der Waals surface area contributed by atoms with Gasteiger partial charge >= 0.3 is 33.6 Å². The van der Waals surface area contributed by atoms with Crippen LogP contribution in [0.15, 0.2) is 0 Å². The molecule has 88 valence electrons. The monoisotopic (exact) mass is 303 g/mol. The van der Waals surface area contributed by atoms with Crippen LogP contribution in [0.2, 0.25) is 0 Å². The molecule has 0 radical (unpaired) electrons. The Morgan fingerprint density at radius 1 is 1.00 bits per heavy atom. The Labute approximate surface area is 105 Å². The maximum atomic E-state index is 10.1. The number of aliphatic hydroxyl groups is 1. The van der Waals surface area contributed by atoms with Crippen molar-refractivity contribution in [3.05, 3.63) is 0 Å². The smallest absolute Gasteiger partial charge is 0.550 e. The first-order valence-corrected chi connectivity index (χ1v) is 3.11. The van der Waals surface area contributed by atoms with Gasteiger partial charge in [0.2, 0.25) is 0 Å². The Balaban J connectivity index is -0.000000720. The molecule has 1 N–H and O–H groups in total. The fourth-order valence-corrected chi connectivity index (χ4v) is 0.684. The molecule has 0 bridgehead atoms. The van der Waals surface area contributed by atoms with Crippen molar-refractivity contribution in [2.75, 3.05) is 0 Å². The van der Waals surface area contributed by atoms with E-state index >= 15 is 0 Å². The molecule has 0 saturated heterocycles. The maximum absolute atomic E-state index is 10.1. The van der Waals surface area contributed by atoms with Gasteiger partial charge < -0.3 is 34.8 Å². The van der Waals surface area contributed by atoms with Gasteiger partial charge in [-0.1, -0.05) is 0 Å². The molecule has 0 aromatic rings. The molecule has 0 atom stereocenters. The van der Waals surface area contributed by atoms with Gasteiger partial charge in [-0.2, -0.15) is 0 Å². The molecule has 0 aliphatic carbocycles. The number of carbonyl (C=O) groups is 3. The third-order valence-corrected chi connectivity index (χ3v) is 1.25. The SMILES string of the molecule is O=C([O-])CC(O)(CC(=O)[O-])C(=O)[O-].[Fe+2].[Ni+2]. The van der Waals surface area contributed by atoms with Crippen molar-refractivity contribution < 1.29 is 68.4 Å². The number of carboxylic acids is 3. The molecule has 9 heteroatoms. The van der Waals surface area contributed by atoms with Crippen molar-refractivity contribution in [3.8, 4) is 0 Å². The fourth-order valence-electron chi connectivity index (χ4n) is 0.684. The number of aliphatic carboxylic acids is 3. The van der Waals surface area contributed by atoms with Crippen LogP contribution in [0.25, 0.3) is 0 Å². The Hall–Kier alpha value is -0.617. The third kappa shape index (κ3) is 7.33. The van der Waals surface area contributed by atoms with Gasteiger partial charge in [-0.15, -0.1) is 0 Å². The first kappa shape index (κ1) is 19.9. The molecule has 0 heterocycles. The van der Waals surface area contributed by atoms with Gasteiger partial charge in [0.05, 0.1) is 5.97 Å². The third-order valence-electron chi connectivity index (χ3n) is 1.25. The summed E-state index contributed by atoms with van der Waals surface area (Å²) in [6.07, 6.45) is -2.72. The van der Waals surface area contributed by atoms with Crippen molar-refractivity contribution in [1.82, 2.24) is 0 Å². The number of carbonyl (C=O) groups excluding carboxylic acids is 3. The standard InChI is InChI=1S/C6H8O7.Fe.Ni/c7-3(8)1-6(13,5(11)12)2-4(9)10;;/h13H,1-2H2,(H,7,8)(H,9,10)(H,11,12);;/q;2*+2/p-3. The zero-order valence-electron chi connectivity index (χ0n) is 6.98. The predicted molar refractivity (Wildman–Crippen MR) is 29.2 cm³/mol. The summed E-state index contributed by atoms with van der Waals surface area (Å²) in [5.41, 5.74) is -2.97. The quantitative estimate of drug-likeness (QED) is 0.500. The average Bonchev–Trinajstić information content (AvgIpc) is 1.82. The van der Waals surface area contributed by atoms with E-state index in [0.717, 1.165) is 0 Å². The summed E-state index contributed by atoms with van der Waals surface area (Å²) >= 11 is 0. The summed E-state index contributed by atoms with van der Waals surface area (Å²) < 4.78 is 0. The van der Waals surface area contributed by atoms with Crippen LogP contribution in [0, 0.1) is 0 Å². The Morgan fingerprint density at radius 2 is 1.27 bits per heavy atom. The predicted octanol–water partition coefficient (Wildman–Crippen LogP) is -5.26. The van der Waals surface area contributed by atoms with Gasteiger partial charge in [0.1, 0.15) is 5.60 Å². The second-order valence-corrected chi connectivity index (χ2v) is 2.42. The largest absolute Gasteiger partial charge is 2.00 e. The average molecular weight is 304 g/mol.